The fourth-order valence-electron chi connectivity index (χ4n) is 1.34. The first kappa shape index (κ1) is 12.2. The molecule has 4 heteroatoms. The van der Waals surface area contributed by atoms with Gasteiger partial charge in [0, 0.05) is 6.54 Å². The second-order valence-corrected chi connectivity index (χ2v) is 3.52. The van der Waals surface area contributed by atoms with Crippen LogP contribution in [0.1, 0.15) is 17.5 Å². The summed E-state index contributed by atoms with van der Waals surface area (Å²) in [6.07, 6.45) is 0.515. The molecule has 0 heterocycles. The van der Waals surface area contributed by atoms with E-state index in [1.165, 1.54) is 6.07 Å². The van der Waals surface area contributed by atoms with E-state index in [2.05, 4.69) is 5.32 Å². The minimum absolute atomic E-state index is 0.123. The van der Waals surface area contributed by atoms with Crippen LogP contribution in [0.5, 0.6) is 0 Å². The lowest BCUT2D eigenvalue weighted by molar-refractivity contribution is -0.120. The number of hydrogen-bond donors (Lipinski definition) is 1. The van der Waals surface area contributed by atoms with Crippen molar-refractivity contribution in [1.82, 2.24) is 5.32 Å². The maximum Gasteiger partial charge on any atom is 0.234 e. The summed E-state index contributed by atoms with van der Waals surface area (Å²) in [5, 5.41) is 10.9. The minimum atomic E-state index is -0.277. The Morgan fingerprint density at radius 1 is 1.56 bits per heavy atom. The predicted molar refractivity (Wildman–Crippen MR) is 58.1 cm³/mol. The van der Waals surface area contributed by atoms with Gasteiger partial charge in [0.25, 0.3) is 0 Å². The van der Waals surface area contributed by atoms with Crippen molar-refractivity contribution >= 4 is 5.91 Å². The second kappa shape index (κ2) is 5.86. The van der Waals surface area contributed by atoms with Gasteiger partial charge in [-0.25, -0.2) is 4.39 Å². The molecular weight excluding hydrogens is 207 g/mol. The molecule has 0 aliphatic heterocycles. The highest BCUT2D eigenvalue weighted by Crippen LogP contribution is 2.09. The van der Waals surface area contributed by atoms with Crippen LogP contribution in [0.2, 0.25) is 0 Å². The summed E-state index contributed by atoms with van der Waals surface area (Å²) in [4.78, 5) is 11.0. The van der Waals surface area contributed by atoms with Gasteiger partial charge in [-0.05, 0) is 30.5 Å². The van der Waals surface area contributed by atoms with Gasteiger partial charge in [0.05, 0.1) is 6.07 Å². The van der Waals surface area contributed by atoms with Crippen molar-refractivity contribution in [2.45, 2.75) is 19.8 Å². The molecule has 1 rings (SSSR count). The molecule has 84 valence electrons. The number of carbonyl (C=O) groups excluding carboxylic acids is 1. The van der Waals surface area contributed by atoms with E-state index in [9.17, 15) is 9.18 Å². The normalized spacial score (nSPS) is 9.56. The molecule has 0 saturated heterocycles. The third-order valence-electron chi connectivity index (χ3n) is 2.20. The van der Waals surface area contributed by atoms with E-state index in [0.29, 0.717) is 18.5 Å². The van der Waals surface area contributed by atoms with E-state index < -0.39 is 0 Å². The van der Waals surface area contributed by atoms with E-state index in [4.69, 9.17) is 5.26 Å². The quantitative estimate of drug-likeness (QED) is 0.839. The maximum atomic E-state index is 12.9. The van der Waals surface area contributed by atoms with Crippen molar-refractivity contribution in [3.8, 4) is 6.07 Å². The molecule has 1 aromatic rings. The maximum absolute atomic E-state index is 12.9. The molecule has 0 spiro atoms. The van der Waals surface area contributed by atoms with Crippen LogP contribution in [-0.2, 0) is 11.2 Å². The van der Waals surface area contributed by atoms with Gasteiger partial charge in [0.15, 0.2) is 0 Å². The zero-order valence-electron chi connectivity index (χ0n) is 9.09. The van der Waals surface area contributed by atoms with Crippen LogP contribution in [0.4, 0.5) is 4.39 Å². The van der Waals surface area contributed by atoms with E-state index in [1.807, 2.05) is 0 Å². The number of amides is 1. The van der Waals surface area contributed by atoms with Gasteiger partial charge in [0.2, 0.25) is 5.91 Å². The number of rotatable bonds is 4. The molecule has 0 radical (unpaired) electrons. The standard InChI is InChI=1S/C12H13FN2O/c1-9-8-10(2-3-11(9)13)5-7-15-12(16)4-6-14/h2-3,8H,4-5,7H2,1H3,(H,15,16). The zero-order chi connectivity index (χ0) is 12.0. The first-order valence-corrected chi connectivity index (χ1v) is 5.02. The molecule has 0 aliphatic rings. The first-order chi connectivity index (χ1) is 7.63. The molecule has 16 heavy (non-hydrogen) atoms. The number of aryl methyl sites for hydroxylation is 1. The van der Waals surface area contributed by atoms with Crippen molar-refractivity contribution in [1.29, 1.82) is 5.26 Å². The lowest BCUT2D eigenvalue weighted by atomic mass is 10.1. The summed E-state index contributed by atoms with van der Waals surface area (Å²) in [6.45, 7) is 2.17. The number of halogens is 1. The molecule has 0 aliphatic carbocycles. The van der Waals surface area contributed by atoms with Crippen LogP contribution in [0.3, 0.4) is 0 Å². The van der Waals surface area contributed by atoms with Crippen molar-refractivity contribution in [3.05, 3.63) is 35.1 Å². The van der Waals surface area contributed by atoms with E-state index in [-0.39, 0.29) is 18.1 Å². The number of hydrogen-bond acceptors (Lipinski definition) is 2. The Labute approximate surface area is 93.9 Å². The highest BCUT2D eigenvalue weighted by Gasteiger charge is 2.01. The highest BCUT2D eigenvalue weighted by atomic mass is 19.1. The predicted octanol–water partition coefficient (Wildman–Crippen LogP) is 1.71. The zero-order valence-corrected chi connectivity index (χ0v) is 9.09. The fourth-order valence-corrected chi connectivity index (χ4v) is 1.34. The summed E-state index contributed by atoms with van der Waals surface area (Å²) in [6, 6.07) is 6.64. The Hall–Kier alpha value is -1.89. The van der Waals surface area contributed by atoms with Gasteiger partial charge in [-0.15, -0.1) is 0 Å². The lowest BCUT2D eigenvalue weighted by Crippen LogP contribution is -2.24. The van der Waals surface area contributed by atoms with E-state index in [1.54, 1.807) is 25.1 Å². The average molecular weight is 220 g/mol. The largest absolute Gasteiger partial charge is 0.355 e. The van der Waals surface area contributed by atoms with Crippen LogP contribution in [0.15, 0.2) is 18.2 Å². The number of carbonyl (C=O) groups is 1. The van der Waals surface area contributed by atoms with Crippen LogP contribution in [0.25, 0.3) is 0 Å². The molecule has 3 nitrogen and oxygen atoms in total. The molecule has 0 unspecified atom stereocenters. The van der Waals surface area contributed by atoms with Crippen LogP contribution < -0.4 is 5.32 Å². The van der Waals surface area contributed by atoms with Gasteiger partial charge in [0.1, 0.15) is 12.2 Å². The van der Waals surface area contributed by atoms with Gasteiger partial charge < -0.3 is 5.32 Å². The Kier molecular flexibility index (Phi) is 4.46. The molecule has 1 N–H and O–H groups in total. The van der Waals surface area contributed by atoms with Crippen LogP contribution >= 0.6 is 0 Å². The number of benzene rings is 1. The summed E-state index contributed by atoms with van der Waals surface area (Å²) >= 11 is 0. The molecule has 1 amide bonds. The smallest absolute Gasteiger partial charge is 0.234 e. The summed E-state index contributed by atoms with van der Waals surface area (Å²) in [7, 11) is 0. The monoisotopic (exact) mass is 220 g/mol. The first-order valence-electron chi connectivity index (χ1n) is 5.02. The van der Waals surface area contributed by atoms with Crippen molar-refractivity contribution in [3.63, 3.8) is 0 Å². The van der Waals surface area contributed by atoms with Gasteiger partial charge >= 0.3 is 0 Å². The fraction of sp³-hybridized carbons (Fsp3) is 0.333. The highest BCUT2D eigenvalue weighted by molar-refractivity contribution is 5.77. The van der Waals surface area contributed by atoms with Crippen molar-refractivity contribution < 1.29 is 9.18 Å². The molecule has 0 bridgehead atoms. The molecule has 0 atom stereocenters. The molecule has 0 saturated carbocycles. The second-order valence-electron chi connectivity index (χ2n) is 3.52. The van der Waals surface area contributed by atoms with E-state index >= 15 is 0 Å². The summed E-state index contributed by atoms with van der Waals surface area (Å²) < 4.78 is 12.9. The lowest BCUT2D eigenvalue weighted by Gasteiger charge is -2.04. The van der Waals surface area contributed by atoms with Gasteiger partial charge in [-0.1, -0.05) is 12.1 Å². The Morgan fingerprint density at radius 2 is 2.31 bits per heavy atom. The Bertz CT molecular complexity index is 424. The number of nitriles is 1. The Balaban J connectivity index is 2.41. The summed E-state index contributed by atoms with van der Waals surface area (Å²) in [5.41, 5.74) is 1.57. The average Bonchev–Trinajstić information content (AvgIpc) is 2.24. The van der Waals surface area contributed by atoms with Crippen molar-refractivity contribution in [2.75, 3.05) is 6.54 Å². The van der Waals surface area contributed by atoms with Gasteiger partial charge in [-0.2, -0.15) is 5.26 Å². The Morgan fingerprint density at radius 3 is 2.94 bits per heavy atom. The summed E-state index contributed by atoms with van der Waals surface area (Å²) in [5.74, 6) is -0.501. The van der Waals surface area contributed by atoms with E-state index in [0.717, 1.165) is 5.56 Å². The molecular formula is C12H13FN2O. The molecule has 0 fully saturated rings. The third kappa shape index (κ3) is 3.70. The SMILES string of the molecule is Cc1cc(CCNC(=O)CC#N)ccc1F. The molecule has 1 aromatic carbocycles. The van der Waals surface area contributed by atoms with Crippen molar-refractivity contribution in [2.24, 2.45) is 0 Å². The minimum Gasteiger partial charge on any atom is -0.355 e. The number of nitrogens with one attached hydrogen (secondary N) is 1. The molecule has 0 aromatic heterocycles. The van der Waals surface area contributed by atoms with Gasteiger partial charge in [-0.3, -0.25) is 4.79 Å². The third-order valence-corrected chi connectivity index (χ3v) is 2.20. The van der Waals surface area contributed by atoms with Crippen LogP contribution in [0, 0.1) is 24.1 Å². The number of nitrogens with zero attached hydrogens (tertiary/aromatic N) is 1. The van der Waals surface area contributed by atoms with Crippen LogP contribution in [-0.4, -0.2) is 12.5 Å². The topological polar surface area (TPSA) is 52.9 Å².